The summed E-state index contributed by atoms with van der Waals surface area (Å²) in [6.07, 6.45) is 3.01. The number of halogens is 2. The number of hydrogen-bond acceptors (Lipinski definition) is 3. The molecule has 0 saturated carbocycles. The molecule has 0 aliphatic rings. The highest BCUT2D eigenvalue weighted by molar-refractivity contribution is 6.30. The zero-order valence-electron chi connectivity index (χ0n) is 7.60. The van der Waals surface area contributed by atoms with Crippen molar-refractivity contribution in [2.45, 2.75) is 6.73 Å². The Morgan fingerprint density at radius 3 is 2.73 bits per heavy atom. The Morgan fingerprint density at radius 2 is 2.07 bits per heavy atom. The van der Waals surface area contributed by atoms with Gasteiger partial charge in [-0.15, -0.1) is 10.2 Å². The summed E-state index contributed by atoms with van der Waals surface area (Å²) in [5.74, 6) is -0.0940. The molecule has 4 nitrogen and oxygen atoms in total. The Bertz CT molecular complexity index is 447. The van der Waals surface area contributed by atoms with E-state index in [1.807, 2.05) is 0 Å². The van der Waals surface area contributed by atoms with Crippen LogP contribution in [0.2, 0.25) is 5.02 Å². The minimum absolute atomic E-state index is 0.0756. The molecule has 0 N–H and O–H groups in total. The van der Waals surface area contributed by atoms with E-state index in [2.05, 4.69) is 10.2 Å². The van der Waals surface area contributed by atoms with Crippen molar-refractivity contribution in [2.24, 2.45) is 0 Å². The summed E-state index contributed by atoms with van der Waals surface area (Å²) in [5, 5.41) is 7.28. The molecule has 2 rings (SSSR count). The molecule has 0 amide bonds. The van der Waals surface area contributed by atoms with Gasteiger partial charge >= 0.3 is 0 Å². The zero-order chi connectivity index (χ0) is 10.7. The van der Waals surface area contributed by atoms with Gasteiger partial charge in [-0.3, -0.25) is 4.57 Å². The lowest BCUT2D eigenvalue weighted by Crippen LogP contribution is -2.02. The average molecular weight is 228 g/mol. The van der Waals surface area contributed by atoms with Crippen molar-refractivity contribution in [3.8, 4) is 5.75 Å². The summed E-state index contributed by atoms with van der Waals surface area (Å²) in [6, 6.07) is 4.26. The molecule has 0 spiro atoms. The van der Waals surface area contributed by atoms with Crippen LogP contribution in [0.4, 0.5) is 4.39 Å². The van der Waals surface area contributed by atoms with Crippen molar-refractivity contribution in [2.75, 3.05) is 0 Å². The quantitative estimate of drug-likeness (QED) is 0.806. The minimum atomic E-state index is -0.502. The Balaban J connectivity index is 2.02. The van der Waals surface area contributed by atoms with Gasteiger partial charge in [-0.2, -0.15) is 0 Å². The van der Waals surface area contributed by atoms with E-state index in [9.17, 15) is 4.39 Å². The Morgan fingerprint density at radius 1 is 1.33 bits per heavy atom. The van der Waals surface area contributed by atoms with E-state index in [-0.39, 0.29) is 11.8 Å². The summed E-state index contributed by atoms with van der Waals surface area (Å²) >= 11 is 5.52. The van der Waals surface area contributed by atoms with Crippen molar-refractivity contribution < 1.29 is 9.13 Å². The van der Waals surface area contributed by atoms with Gasteiger partial charge in [0.25, 0.3) is 0 Å². The van der Waals surface area contributed by atoms with Gasteiger partial charge in [0.05, 0.1) is 5.02 Å². The highest BCUT2D eigenvalue weighted by Gasteiger charge is 2.01. The summed E-state index contributed by atoms with van der Waals surface area (Å²) in [6.45, 7) is 0.230. The second-order valence-electron chi connectivity index (χ2n) is 2.83. The van der Waals surface area contributed by atoms with Crippen molar-refractivity contribution in [3.05, 3.63) is 41.7 Å². The first-order valence-corrected chi connectivity index (χ1v) is 4.54. The number of ether oxygens (including phenoxy) is 1. The average Bonchev–Trinajstić information content (AvgIpc) is 2.73. The van der Waals surface area contributed by atoms with Crippen LogP contribution in [0.5, 0.6) is 5.75 Å². The number of nitrogens with zero attached hydrogens (tertiary/aromatic N) is 3. The number of aromatic nitrogens is 3. The fourth-order valence-electron chi connectivity index (χ4n) is 1.00. The van der Waals surface area contributed by atoms with E-state index < -0.39 is 5.82 Å². The lowest BCUT2D eigenvalue weighted by Gasteiger charge is -2.06. The zero-order valence-corrected chi connectivity index (χ0v) is 8.36. The van der Waals surface area contributed by atoms with Gasteiger partial charge < -0.3 is 4.74 Å². The molecule has 0 unspecified atom stereocenters. The maximum absolute atomic E-state index is 13.0. The molecule has 0 atom stereocenters. The Labute approximate surface area is 90.3 Å². The fraction of sp³-hybridized carbons (Fsp3) is 0.111. The first kappa shape index (κ1) is 9.92. The van der Waals surface area contributed by atoms with Crippen molar-refractivity contribution in [3.63, 3.8) is 0 Å². The maximum atomic E-state index is 13.0. The van der Waals surface area contributed by atoms with Crippen LogP contribution in [0.3, 0.4) is 0 Å². The van der Waals surface area contributed by atoms with E-state index in [1.54, 1.807) is 10.6 Å². The maximum Gasteiger partial charge on any atom is 0.167 e. The van der Waals surface area contributed by atoms with Gasteiger partial charge in [0.15, 0.2) is 6.73 Å². The smallest absolute Gasteiger partial charge is 0.167 e. The first-order valence-electron chi connectivity index (χ1n) is 4.16. The van der Waals surface area contributed by atoms with E-state index >= 15 is 0 Å². The van der Waals surface area contributed by atoms with Gasteiger partial charge in [-0.1, -0.05) is 11.6 Å². The van der Waals surface area contributed by atoms with Crippen molar-refractivity contribution >= 4 is 11.6 Å². The summed E-state index contributed by atoms with van der Waals surface area (Å²) in [7, 11) is 0. The van der Waals surface area contributed by atoms with Crippen LogP contribution in [0, 0.1) is 5.82 Å². The lowest BCUT2D eigenvalue weighted by molar-refractivity contribution is 0.235. The Kier molecular flexibility index (Phi) is 2.82. The van der Waals surface area contributed by atoms with E-state index in [1.165, 1.54) is 24.8 Å². The third kappa shape index (κ3) is 2.44. The molecule has 0 saturated heterocycles. The summed E-state index contributed by atoms with van der Waals surface area (Å²) in [4.78, 5) is 0. The normalized spacial score (nSPS) is 10.3. The van der Waals surface area contributed by atoms with Crippen LogP contribution >= 0.6 is 11.6 Å². The monoisotopic (exact) mass is 227 g/mol. The SMILES string of the molecule is Fc1cc(OCn2cnnc2)ccc1Cl. The molecule has 0 aliphatic heterocycles. The van der Waals surface area contributed by atoms with Crippen LogP contribution in [-0.4, -0.2) is 14.8 Å². The van der Waals surface area contributed by atoms with Crippen molar-refractivity contribution in [1.82, 2.24) is 14.8 Å². The number of rotatable bonds is 3. The van der Waals surface area contributed by atoms with Gasteiger partial charge in [0.1, 0.15) is 24.2 Å². The minimum Gasteiger partial charge on any atom is -0.473 e. The van der Waals surface area contributed by atoms with Crippen LogP contribution in [-0.2, 0) is 6.73 Å². The summed E-state index contributed by atoms with van der Waals surface area (Å²) in [5.41, 5.74) is 0. The van der Waals surface area contributed by atoms with Gasteiger partial charge in [-0.05, 0) is 12.1 Å². The molecule has 78 valence electrons. The Hall–Kier alpha value is -1.62. The van der Waals surface area contributed by atoms with Crippen LogP contribution in [0.15, 0.2) is 30.9 Å². The highest BCUT2D eigenvalue weighted by Crippen LogP contribution is 2.20. The third-order valence-electron chi connectivity index (χ3n) is 1.74. The molecule has 1 heterocycles. The molecule has 0 bridgehead atoms. The van der Waals surface area contributed by atoms with E-state index in [0.29, 0.717) is 5.75 Å². The molecule has 1 aromatic carbocycles. The van der Waals surface area contributed by atoms with Crippen LogP contribution in [0.1, 0.15) is 0 Å². The molecule has 0 fully saturated rings. The van der Waals surface area contributed by atoms with Crippen molar-refractivity contribution in [1.29, 1.82) is 0 Å². The second-order valence-corrected chi connectivity index (χ2v) is 3.23. The number of benzene rings is 1. The molecule has 6 heteroatoms. The largest absolute Gasteiger partial charge is 0.473 e. The van der Waals surface area contributed by atoms with E-state index in [0.717, 1.165) is 0 Å². The molecule has 15 heavy (non-hydrogen) atoms. The highest BCUT2D eigenvalue weighted by atomic mass is 35.5. The van der Waals surface area contributed by atoms with Crippen LogP contribution < -0.4 is 4.74 Å². The molecule has 0 aliphatic carbocycles. The lowest BCUT2D eigenvalue weighted by atomic mass is 10.3. The van der Waals surface area contributed by atoms with E-state index in [4.69, 9.17) is 16.3 Å². The predicted octanol–water partition coefficient (Wildman–Crippen LogP) is 2.11. The molecular formula is C9H7ClFN3O. The number of hydrogen-bond donors (Lipinski definition) is 0. The fourth-order valence-corrected chi connectivity index (χ4v) is 1.12. The van der Waals surface area contributed by atoms with Gasteiger partial charge in [0.2, 0.25) is 0 Å². The second kappa shape index (κ2) is 4.27. The van der Waals surface area contributed by atoms with Gasteiger partial charge in [-0.25, -0.2) is 4.39 Å². The molecule has 0 radical (unpaired) electrons. The third-order valence-corrected chi connectivity index (χ3v) is 2.04. The standard InChI is InChI=1S/C9H7ClFN3O/c10-8-2-1-7(3-9(8)11)15-6-14-4-12-13-5-14/h1-5H,6H2. The molecule has 1 aromatic heterocycles. The first-order chi connectivity index (χ1) is 7.25. The predicted molar refractivity (Wildman–Crippen MR) is 52.1 cm³/mol. The molecule has 2 aromatic rings. The topological polar surface area (TPSA) is 39.9 Å². The summed E-state index contributed by atoms with van der Waals surface area (Å²) < 4.78 is 19.9. The molecular weight excluding hydrogens is 221 g/mol. The van der Waals surface area contributed by atoms with Crippen LogP contribution in [0.25, 0.3) is 0 Å². The van der Waals surface area contributed by atoms with Gasteiger partial charge in [0, 0.05) is 6.07 Å².